The van der Waals surface area contributed by atoms with Crippen molar-refractivity contribution in [1.82, 2.24) is 14.7 Å². The third-order valence-electron chi connectivity index (χ3n) is 4.62. The van der Waals surface area contributed by atoms with E-state index < -0.39 is 11.4 Å². The Morgan fingerprint density at radius 3 is 2.58 bits per heavy atom. The molecule has 2 heterocycles. The quantitative estimate of drug-likeness (QED) is 0.566. The van der Waals surface area contributed by atoms with Crippen molar-refractivity contribution in [3.05, 3.63) is 29.2 Å². The van der Waals surface area contributed by atoms with Gasteiger partial charge in [0.15, 0.2) is 0 Å². The van der Waals surface area contributed by atoms with Crippen LogP contribution < -0.4 is 9.46 Å². The van der Waals surface area contributed by atoms with Gasteiger partial charge in [-0.1, -0.05) is 18.5 Å². The number of hydrogen-bond acceptors (Lipinski definition) is 5. The van der Waals surface area contributed by atoms with Gasteiger partial charge in [0, 0.05) is 29.3 Å². The van der Waals surface area contributed by atoms with Gasteiger partial charge in [0.05, 0.1) is 11.4 Å². The maximum atomic E-state index is 12.6. The lowest BCUT2D eigenvalue weighted by Crippen LogP contribution is -2.41. The highest BCUT2D eigenvalue weighted by atomic mass is 35.5. The zero-order chi connectivity index (χ0) is 19.1. The van der Waals surface area contributed by atoms with Crippen molar-refractivity contribution >= 4 is 33.7 Å². The SMILES string of the molecule is CCC(N[S@@+]([O-])C(C)(C)C)c1cnc(OC2(C)CC2)c2cnc(Cl)cc12. The maximum Gasteiger partial charge on any atom is 0.223 e. The lowest BCUT2D eigenvalue weighted by atomic mass is 10.0. The largest absolute Gasteiger partial charge is 0.598 e. The molecular formula is C19H26ClN3O2S. The second-order valence-corrected chi connectivity index (χ2v) is 10.5. The molecule has 2 atom stereocenters. The molecule has 0 saturated heterocycles. The minimum Gasteiger partial charge on any atom is -0.598 e. The lowest BCUT2D eigenvalue weighted by molar-refractivity contribution is 0.194. The molecule has 0 bridgehead atoms. The number of rotatable bonds is 6. The molecule has 26 heavy (non-hydrogen) atoms. The van der Waals surface area contributed by atoms with E-state index in [0.717, 1.165) is 35.6 Å². The first kappa shape index (κ1) is 19.7. The molecule has 1 fully saturated rings. The number of nitrogens with zero attached hydrogens (tertiary/aromatic N) is 2. The van der Waals surface area contributed by atoms with Gasteiger partial charge < -0.3 is 9.29 Å². The summed E-state index contributed by atoms with van der Waals surface area (Å²) in [6, 6.07) is 1.73. The van der Waals surface area contributed by atoms with Crippen molar-refractivity contribution in [1.29, 1.82) is 0 Å². The fourth-order valence-electron chi connectivity index (χ4n) is 2.65. The fourth-order valence-corrected chi connectivity index (χ4v) is 3.71. The Balaban J connectivity index is 2.02. The molecule has 1 unspecified atom stereocenters. The van der Waals surface area contributed by atoms with Crippen molar-refractivity contribution in [3.63, 3.8) is 0 Å². The molecular weight excluding hydrogens is 370 g/mol. The van der Waals surface area contributed by atoms with E-state index >= 15 is 0 Å². The van der Waals surface area contributed by atoms with E-state index in [9.17, 15) is 4.55 Å². The van der Waals surface area contributed by atoms with Crippen molar-refractivity contribution in [2.75, 3.05) is 0 Å². The van der Waals surface area contributed by atoms with Gasteiger partial charge >= 0.3 is 0 Å². The van der Waals surface area contributed by atoms with Crippen LogP contribution in [0.5, 0.6) is 5.88 Å². The number of ether oxygens (including phenoxy) is 1. The van der Waals surface area contributed by atoms with Crippen LogP contribution in [0.25, 0.3) is 10.8 Å². The van der Waals surface area contributed by atoms with E-state index in [-0.39, 0.29) is 16.4 Å². The van der Waals surface area contributed by atoms with Gasteiger partial charge in [-0.15, -0.1) is 4.72 Å². The van der Waals surface area contributed by atoms with Gasteiger partial charge in [0.2, 0.25) is 5.88 Å². The Labute approximate surface area is 163 Å². The zero-order valence-electron chi connectivity index (χ0n) is 15.9. The van der Waals surface area contributed by atoms with Crippen LogP contribution in [-0.2, 0) is 11.4 Å². The molecule has 0 radical (unpaired) electrons. The summed E-state index contributed by atoms with van der Waals surface area (Å²) in [7, 11) is 0. The van der Waals surface area contributed by atoms with E-state index in [0.29, 0.717) is 11.0 Å². The minimum absolute atomic E-state index is 0.103. The molecule has 2 aromatic heterocycles. The van der Waals surface area contributed by atoms with Crippen LogP contribution in [0.1, 0.15) is 65.5 Å². The average Bonchev–Trinajstić information content (AvgIpc) is 3.29. The first-order chi connectivity index (χ1) is 12.1. The summed E-state index contributed by atoms with van der Waals surface area (Å²) in [6.45, 7) is 10.00. The Morgan fingerprint density at radius 2 is 2.00 bits per heavy atom. The Bertz CT molecular complexity index is 805. The minimum atomic E-state index is -1.18. The summed E-state index contributed by atoms with van der Waals surface area (Å²) in [5.74, 6) is 0.583. The normalized spacial score (nSPS) is 18.6. The smallest absolute Gasteiger partial charge is 0.223 e. The predicted molar refractivity (Wildman–Crippen MR) is 107 cm³/mol. The molecule has 0 spiro atoms. The Hall–Kier alpha value is -1.08. The van der Waals surface area contributed by atoms with Crippen LogP contribution in [0.15, 0.2) is 18.5 Å². The standard InChI is InChI=1S/C19H26ClN3O2S/c1-6-15(23-26(24)18(2,3)4)13-10-22-17(25-19(5)7-8-19)14-11-21-16(20)9-12(13)14/h9-11,15,23H,6-8H2,1-5H3/t15?,26-/m0/s1. The van der Waals surface area contributed by atoms with E-state index in [1.54, 1.807) is 12.4 Å². The monoisotopic (exact) mass is 395 g/mol. The summed E-state index contributed by atoms with van der Waals surface area (Å²) in [5.41, 5.74) is 0.828. The number of fused-ring (bicyclic) bond motifs is 1. The van der Waals surface area contributed by atoms with Crippen molar-refractivity contribution in [2.45, 2.75) is 70.3 Å². The number of nitrogens with one attached hydrogen (secondary N) is 1. The highest BCUT2D eigenvalue weighted by Gasteiger charge is 2.41. The molecule has 2 aromatic rings. The molecule has 7 heteroatoms. The van der Waals surface area contributed by atoms with E-state index in [2.05, 4.69) is 28.5 Å². The second-order valence-electron chi connectivity index (χ2n) is 8.08. The highest BCUT2D eigenvalue weighted by Crippen LogP contribution is 2.41. The first-order valence-corrected chi connectivity index (χ1v) is 10.5. The van der Waals surface area contributed by atoms with Gasteiger partial charge in [-0.2, -0.15) is 0 Å². The third-order valence-corrected chi connectivity index (χ3v) is 6.44. The number of pyridine rings is 2. The molecule has 1 aliphatic carbocycles. The summed E-state index contributed by atoms with van der Waals surface area (Å²) in [6.07, 6.45) is 6.35. The highest BCUT2D eigenvalue weighted by molar-refractivity contribution is 7.90. The van der Waals surface area contributed by atoms with Crippen LogP contribution >= 0.6 is 11.6 Å². The summed E-state index contributed by atoms with van der Waals surface area (Å²) < 4.78 is 21.6. The number of halogens is 1. The average molecular weight is 396 g/mol. The molecule has 0 amide bonds. The van der Waals surface area contributed by atoms with Crippen molar-refractivity contribution in [3.8, 4) is 5.88 Å². The first-order valence-electron chi connectivity index (χ1n) is 8.94. The van der Waals surface area contributed by atoms with Gasteiger partial charge in [-0.05, 0) is 58.4 Å². The molecule has 5 nitrogen and oxygen atoms in total. The molecule has 1 saturated carbocycles. The zero-order valence-corrected chi connectivity index (χ0v) is 17.5. The summed E-state index contributed by atoms with van der Waals surface area (Å²) >= 11 is 4.98. The van der Waals surface area contributed by atoms with Crippen LogP contribution in [0.3, 0.4) is 0 Å². The fraction of sp³-hybridized carbons (Fsp3) is 0.579. The van der Waals surface area contributed by atoms with E-state index in [4.69, 9.17) is 16.3 Å². The summed E-state index contributed by atoms with van der Waals surface area (Å²) in [4.78, 5) is 8.77. The maximum absolute atomic E-state index is 12.6. The third kappa shape index (κ3) is 4.25. The lowest BCUT2D eigenvalue weighted by Gasteiger charge is -2.28. The molecule has 0 aliphatic heterocycles. The topological polar surface area (TPSA) is 70.1 Å². The molecule has 1 aliphatic rings. The van der Waals surface area contributed by atoms with E-state index in [1.165, 1.54) is 0 Å². The molecule has 1 N–H and O–H groups in total. The summed E-state index contributed by atoms with van der Waals surface area (Å²) in [5, 5.41) is 2.19. The van der Waals surface area contributed by atoms with Crippen LogP contribution in [0, 0.1) is 0 Å². The number of hydrogen-bond donors (Lipinski definition) is 1. The Morgan fingerprint density at radius 1 is 1.31 bits per heavy atom. The van der Waals surface area contributed by atoms with Crippen LogP contribution in [-0.4, -0.2) is 24.9 Å². The van der Waals surface area contributed by atoms with Crippen molar-refractivity contribution < 1.29 is 9.29 Å². The van der Waals surface area contributed by atoms with Crippen molar-refractivity contribution in [2.24, 2.45) is 0 Å². The van der Waals surface area contributed by atoms with Gasteiger partial charge in [-0.25, -0.2) is 9.97 Å². The Kier molecular flexibility index (Phi) is 5.41. The second kappa shape index (κ2) is 7.15. The van der Waals surface area contributed by atoms with Crippen LogP contribution in [0.4, 0.5) is 0 Å². The number of aromatic nitrogens is 2. The molecule has 0 aromatic carbocycles. The molecule has 3 rings (SSSR count). The van der Waals surface area contributed by atoms with Gasteiger partial charge in [-0.3, -0.25) is 0 Å². The van der Waals surface area contributed by atoms with Gasteiger partial charge in [0.1, 0.15) is 15.5 Å². The van der Waals surface area contributed by atoms with Gasteiger partial charge in [0.25, 0.3) is 0 Å². The predicted octanol–water partition coefficient (Wildman–Crippen LogP) is 4.72. The van der Waals surface area contributed by atoms with Crippen LogP contribution in [0.2, 0.25) is 5.15 Å². The van der Waals surface area contributed by atoms with E-state index in [1.807, 2.05) is 26.8 Å². The molecule has 142 valence electrons.